The summed E-state index contributed by atoms with van der Waals surface area (Å²) in [7, 11) is 0. The summed E-state index contributed by atoms with van der Waals surface area (Å²) >= 11 is 0. The van der Waals surface area contributed by atoms with E-state index in [2.05, 4.69) is 271 Å². The van der Waals surface area contributed by atoms with E-state index >= 15 is 0 Å². The molecule has 2 aromatic heterocycles. The van der Waals surface area contributed by atoms with Gasteiger partial charge in [-0.2, -0.15) is 0 Å². The van der Waals surface area contributed by atoms with E-state index in [9.17, 15) is 0 Å². The fourth-order valence-electron chi connectivity index (χ4n) is 12.8. The van der Waals surface area contributed by atoms with Crippen molar-refractivity contribution in [3.8, 4) is 22.3 Å². The number of aryl methyl sites for hydroxylation is 4. The first-order valence-electron chi connectivity index (χ1n) is 27.5. The van der Waals surface area contributed by atoms with Crippen molar-refractivity contribution in [2.45, 2.75) is 67.2 Å². The lowest BCUT2D eigenvalue weighted by Crippen LogP contribution is -2.14. The minimum absolute atomic E-state index is 0.203. The van der Waals surface area contributed by atoms with E-state index in [-0.39, 0.29) is 11.8 Å². The minimum Gasteiger partial charge on any atom is -0.454 e. The maximum Gasteiger partial charge on any atom is 0.159 e. The van der Waals surface area contributed by atoms with Crippen molar-refractivity contribution >= 4 is 110 Å². The first-order valence-corrected chi connectivity index (χ1v) is 27.5. The number of anilines is 6. The molecule has 0 aliphatic rings. The van der Waals surface area contributed by atoms with Gasteiger partial charge in [0, 0.05) is 43.7 Å². The summed E-state index contributed by atoms with van der Waals surface area (Å²) in [6.45, 7) is 18.1. The zero-order valence-electron chi connectivity index (χ0n) is 45.5. The normalized spacial score (nSPS) is 12.1. The van der Waals surface area contributed by atoms with Gasteiger partial charge in [0.1, 0.15) is 11.2 Å². The Morgan fingerprint density at radius 3 is 1.06 bits per heavy atom. The minimum atomic E-state index is 0.203. The van der Waals surface area contributed by atoms with Gasteiger partial charge in [-0.15, -0.1) is 0 Å². The Bertz CT molecular complexity index is 4370. The maximum absolute atomic E-state index is 7.15. The zero-order chi connectivity index (χ0) is 53.1. The second-order valence-electron chi connectivity index (χ2n) is 22.2. The van der Waals surface area contributed by atoms with E-state index in [1.807, 2.05) is 0 Å². The third-order valence-electron chi connectivity index (χ3n) is 16.6. The molecule has 0 atom stereocenters. The lowest BCUT2D eigenvalue weighted by Gasteiger charge is -2.32. The fourth-order valence-corrected chi connectivity index (χ4v) is 12.8. The van der Waals surface area contributed by atoms with Crippen LogP contribution in [0.4, 0.5) is 34.1 Å². The molecule has 0 aliphatic carbocycles. The predicted octanol–water partition coefficient (Wildman–Crippen LogP) is 22.1. The van der Waals surface area contributed by atoms with Crippen LogP contribution < -0.4 is 9.80 Å². The number of rotatable bonds is 10. The van der Waals surface area contributed by atoms with Crippen molar-refractivity contribution in [2.75, 3.05) is 9.80 Å². The molecule has 2 heterocycles. The summed E-state index contributed by atoms with van der Waals surface area (Å²) < 4.78 is 14.3. The Kier molecular flexibility index (Phi) is 11.1. The standard InChI is InChI=1S/C74H60N2O2/c1-43(2)63-41-65(75(53-27-17-25-51(39-53)49-21-11-9-12-22-49)69-45(5)31-33-59-57-29-15-19-47(7)71(57)77-73(59)69)61-38-36-56-64(44(3)4)42-66(62-37-35-55(63)67(61)68(56)62)76(54-28-18-26-52(40-54)50-23-13-10-14-24-50)70-46(6)32-34-60-58-30-16-20-48(8)72(58)78-74(60)70/h9-44H,1-8H3. The van der Waals surface area contributed by atoms with Crippen LogP contribution in [-0.4, -0.2) is 0 Å². The Balaban J connectivity index is 1.12. The van der Waals surface area contributed by atoms with Gasteiger partial charge in [0.2, 0.25) is 0 Å². The monoisotopic (exact) mass is 1010 g/mol. The highest BCUT2D eigenvalue weighted by Gasteiger charge is 2.30. The Hall–Kier alpha value is -9.12. The molecule has 0 amide bonds. The van der Waals surface area contributed by atoms with Crippen LogP contribution in [0.2, 0.25) is 0 Å². The zero-order valence-corrected chi connectivity index (χ0v) is 45.5. The average molecular weight is 1010 g/mol. The molecule has 0 saturated heterocycles. The van der Waals surface area contributed by atoms with E-state index in [4.69, 9.17) is 8.83 Å². The quantitative estimate of drug-likeness (QED) is 0.128. The summed E-state index contributed by atoms with van der Waals surface area (Å²) in [6, 6.07) is 76.2. The van der Waals surface area contributed by atoms with Crippen LogP contribution in [0.5, 0.6) is 0 Å². The topological polar surface area (TPSA) is 32.8 Å². The number of furan rings is 2. The molecule has 78 heavy (non-hydrogen) atoms. The highest BCUT2D eigenvalue weighted by molar-refractivity contribution is 6.30. The van der Waals surface area contributed by atoms with Crippen molar-refractivity contribution in [2.24, 2.45) is 0 Å². The van der Waals surface area contributed by atoms with Crippen LogP contribution in [0.1, 0.15) is 72.9 Å². The van der Waals surface area contributed by atoms with Gasteiger partial charge in [0.25, 0.3) is 0 Å². The second kappa shape index (κ2) is 18.3. The molecule has 4 nitrogen and oxygen atoms in total. The first kappa shape index (κ1) is 47.3. The smallest absolute Gasteiger partial charge is 0.159 e. The number of nitrogens with zero attached hydrogens (tertiary/aromatic N) is 2. The lowest BCUT2D eigenvalue weighted by molar-refractivity contribution is 0.665. The van der Waals surface area contributed by atoms with Crippen LogP contribution in [0, 0.1) is 27.7 Å². The summed E-state index contributed by atoms with van der Waals surface area (Å²) in [5.41, 5.74) is 21.8. The van der Waals surface area contributed by atoms with Crippen LogP contribution in [0.15, 0.2) is 215 Å². The van der Waals surface area contributed by atoms with Crippen molar-refractivity contribution in [1.29, 1.82) is 0 Å². The number of hydrogen-bond acceptors (Lipinski definition) is 4. The van der Waals surface area contributed by atoms with Gasteiger partial charge in [-0.05, 0) is 153 Å². The summed E-state index contributed by atoms with van der Waals surface area (Å²) in [6.07, 6.45) is 0. The summed E-state index contributed by atoms with van der Waals surface area (Å²) in [5.74, 6) is 0.407. The van der Waals surface area contributed by atoms with Gasteiger partial charge in [0.05, 0.1) is 22.7 Å². The molecule has 0 bridgehead atoms. The molecule has 14 aromatic rings. The molecule has 0 radical (unpaired) electrons. The van der Waals surface area contributed by atoms with Crippen molar-refractivity contribution < 1.29 is 8.83 Å². The SMILES string of the molecule is Cc1ccc2c(oc3c(C)cccc32)c1N(c1cccc(-c2ccccc2)c1)c1cc(C(C)C)c2ccc3c(N(c4cccc(-c5ccccc5)c4)c4c(C)ccc5c4oc4c(C)cccc45)cc(C(C)C)c4ccc1c2c43. The highest BCUT2D eigenvalue weighted by Crippen LogP contribution is 2.54. The fraction of sp³-hybridized carbons (Fsp3) is 0.135. The van der Waals surface area contributed by atoms with Gasteiger partial charge in [-0.1, -0.05) is 198 Å². The second-order valence-corrected chi connectivity index (χ2v) is 22.2. The molecule has 0 fully saturated rings. The molecule has 0 N–H and O–H groups in total. The van der Waals surface area contributed by atoms with Gasteiger partial charge in [0.15, 0.2) is 11.2 Å². The Morgan fingerprint density at radius 2 is 0.654 bits per heavy atom. The Morgan fingerprint density at radius 1 is 0.295 bits per heavy atom. The van der Waals surface area contributed by atoms with Gasteiger partial charge in [-0.25, -0.2) is 0 Å². The third-order valence-corrected chi connectivity index (χ3v) is 16.6. The molecule has 14 rings (SSSR count). The largest absolute Gasteiger partial charge is 0.454 e. The molecule has 0 spiro atoms. The van der Waals surface area contributed by atoms with E-state index in [0.717, 1.165) is 111 Å². The molecule has 0 saturated carbocycles. The number of hydrogen-bond donors (Lipinski definition) is 0. The van der Waals surface area contributed by atoms with Gasteiger partial charge >= 0.3 is 0 Å². The number of para-hydroxylation sites is 2. The molecule has 378 valence electrons. The van der Waals surface area contributed by atoms with Crippen LogP contribution >= 0.6 is 0 Å². The molecule has 0 aliphatic heterocycles. The van der Waals surface area contributed by atoms with Crippen molar-refractivity contribution in [3.63, 3.8) is 0 Å². The molecular weight excluding hydrogens is 949 g/mol. The van der Waals surface area contributed by atoms with Crippen molar-refractivity contribution in [1.82, 2.24) is 0 Å². The third kappa shape index (κ3) is 7.34. The van der Waals surface area contributed by atoms with Crippen molar-refractivity contribution in [3.05, 3.63) is 240 Å². The number of benzene rings is 12. The van der Waals surface area contributed by atoms with E-state index in [1.54, 1.807) is 0 Å². The summed E-state index contributed by atoms with van der Waals surface area (Å²) in [4.78, 5) is 5.03. The van der Waals surface area contributed by atoms with Crippen LogP contribution in [0.25, 0.3) is 98.4 Å². The first-order chi connectivity index (χ1) is 38.0. The molecule has 4 heteroatoms. The van der Waals surface area contributed by atoms with E-state index in [1.165, 1.54) is 54.6 Å². The maximum atomic E-state index is 7.15. The van der Waals surface area contributed by atoms with E-state index in [0.29, 0.717) is 0 Å². The van der Waals surface area contributed by atoms with Gasteiger partial charge in [-0.3, -0.25) is 0 Å². The molecule has 0 unspecified atom stereocenters. The van der Waals surface area contributed by atoms with Gasteiger partial charge < -0.3 is 18.6 Å². The Labute approximate surface area is 455 Å². The highest BCUT2D eigenvalue weighted by atomic mass is 16.3. The summed E-state index contributed by atoms with van der Waals surface area (Å²) in [5, 5.41) is 11.9. The van der Waals surface area contributed by atoms with E-state index < -0.39 is 0 Å². The number of fused-ring (bicyclic) bond motifs is 6. The molecular formula is C74H60N2O2. The predicted molar refractivity (Wildman–Crippen MR) is 332 cm³/mol. The lowest BCUT2D eigenvalue weighted by atomic mass is 9.84. The average Bonchev–Trinajstić information content (AvgIpc) is 3.97. The van der Waals surface area contributed by atoms with Crippen LogP contribution in [-0.2, 0) is 0 Å². The van der Waals surface area contributed by atoms with Crippen LogP contribution in [0.3, 0.4) is 0 Å². The molecule has 12 aromatic carbocycles.